The van der Waals surface area contributed by atoms with Crippen LogP contribution in [-0.4, -0.2) is 47.8 Å². The van der Waals surface area contributed by atoms with E-state index >= 15 is 0 Å². The van der Waals surface area contributed by atoms with E-state index in [2.05, 4.69) is 15.6 Å². The number of benzene rings is 1. The van der Waals surface area contributed by atoms with Crippen molar-refractivity contribution in [2.24, 2.45) is 10.7 Å². The molecule has 4 rings (SSSR count). The van der Waals surface area contributed by atoms with Gasteiger partial charge < -0.3 is 21.3 Å². The standard InChI is InChI=1S/C19H25N5O2/c20-18-21-12-19(23-18)8-10-24(11-9-19)16(25)7-3-5-14-13-4-1-2-6-15(13)22-17(14)26/h1-2,4,6,14H,3,5,7-12H2,(H,22,26)(H3,20,21,23). The van der Waals surface area contributed by atoms with Crippen molar-refractivity contribution in [2.45, 2.75) is 43.6 Å². The maximum absolute atomic E-state index is 12.5. The molecular formula is C19H25N5O2. The first-order valence-electron chi connectivity index (χ1n) is 9.32. The topological polar surface area (TPSA) is 99.8 Å². The van der Waals surface area contributed by atoms with Gasteiger partial charge in [0.15, 0.2) is 5.96 Å². The van der Waals surface area contributed by atoms with Crippen LogP contribution in [0.15, 0.2) is 29.3 Å². The van der Waals surface area contributed by atoms with Gasteiger partial charge in [-0.3, -0.25) is 14.6 Å². The second-order valence-corrected chi connectivity index (χ2v) is 7.51. The van der Waals surface area contributed by atoms with Crippen molar-refractivity contribution in [1.29, 1.82) is 0 Å². The second kappa shape index (κ2) is 6.63. The molecule has 4 N–H and O–H groups in total. The third-order valence-electron chi connectivity index (χ3n) is 5.81. The molecular weight excluding hydrogens is 330 g/mol. The van der Waals surface area contributed by atoms with Crippen LogP contribution in [0.5, 0.6) is 0 Å². The number of carbonyl (C=O) groups excluding carboxylic acids is 2. The SMILES string of the molecule is NC1=NCC2(CCN(C(=O)CCCC3C(=O)Nc4ccccc43)CC2)N1. The molecule has 1 aromatic carbocycles. The third-order valence-corrected chi connectivity index (χ3v) is 5.81. The summed E-state index contributed by atoms with van der Waals surface area (Å²) >= 11 is 0. The number of carbonyl (C=O) groups is 2. The molecule has 0 bridgehead atoms. The van der Waals surface area contributed by atoms with Gasteiger partial charge in [-0.2, -0.15) is 0 Å². The molecule has 0 aromatic heterocycles. The van der Waals surface area contributed by atoms with Crippen molar-refractivity contribution < 1.29 is 9.59 Å². The number of para-hydroxylation sites is 1. The Balaban J connectivity index is 1.25. The van der Waals surface area contributed by atoms with Crippen LogP contribution >= 0.6 is 0 Å². The number of nitrogens with two attached hydrogens (primary N) is 1. The van der Waals surface area contributed by atoms with Gasteiger partial charge in [0.2, 0.25) is 11.8 Å². The number of rotatable bonds is 4. The summed E-state index contributed by atoms with van der Waals surface area (Å²) in [5.41, 5.74) is 7.64. The summed E-state index contributed by atoms with van der Waals surface area (Å²) in [4.78, 5) is 30.8. The highest BCUT2D eigenvalue weighted by molar-refractivity contribution is 6.02. The lowest BCUT2D eigenvalue weighted by Gasteiger charge is -2.39. The number of anilines is 1. The molecule has 7 heteroatoms. The zero-order valence-corrected chi connectivity index (χ0v) is 14.8. The van der Waals surface area contributed by atoms with Crippen molar-refractivity contribution in [3.8, 4) is 0 Å². The molecule has 1 fully saturated rings. The molecule has 0 aliphatic carbocycles. The Morgan fingerprint density at radius 3 is 2.81 bits per heavy atom. The lowest BCUT2D eigenvalue weighted by Crippen LogP contribution is -2.55. The number of hydrogen-bond acceptors (Lipinski definition) is 5. The molecule has 26 heavy (non-hydrogen) atoms. The normalized spacial score (nSPS) is 23.4. The zero-order valence-electron chi connectivity index (χ0n) is 14.8. The van der Waals surface area contributed by atoms with Crippen molar-refractivity contribution >= 4 is 23.5 Å². The third kappa shape index (κ3) is 3.13. The minimum Gasteiger partial charge on any atom is -0.370 e. The number of likely N-dealkylation sites (tertiary alicyclic amines) is 1. The molecule has 3 aliphatic rings. The van der Waals surface area contributed by atoms with E-state index in [-0.39, 0.29) is 23.3 Å². The first-order chi connectivity index (χ1) is 12.6. The number of nitrogens with one attached hydrogen (secondary N) is 2. The molecule has 1 saturated heterocycles. The van der Waals surface area contributed by atoms with Gasteiger partial charge in [0.25, 0.3) is 0 Å². The van der Waals surface area contributed by atoms with E-state index in [1.165, 1.54) is 0 Å². The number of aliphatic imine (C=N–C) groups is 1. The smallest absolute Gasteiger partial charge is 0.232 e. The number of amides is 2. The lowest BCUT2D eigenvalue weighted by molar-refractivity contribution is -0.133. The van der Waals surface area contributed by atoms with E-state index < -0.39 is 0 Å². The van der Waals surface area contributed by atoms with Gasteiger partial charge in [0.1, 0.15) is 0 Å². The monoisotopic (exact) mass is 355 g/mol. The van der Waals surface area contributed by atoms with Crippen molar-refractivity contribution in [3.05, 3.63) is 29.8 Å². The van der Waals surface area contributed by atoms with Crippen molar-refractivity contribution in [2.75, 3.05) is 25.0 Å². The van der Waals surface area contributed by atoms with Crippen LogP contribution in [0.2, 0.25) is 0 Å². The fourth-order valence-electron chi connectivity index (χ4n) is 4.23. The largest absolute Gasteiger partial charge is 0.370 e. The molecule has 2 amide bonds. The molecule has 7 nitrogen and oxygen atoms in total. The maximum atomic E-state index is 12.5. The Kier molecular flexibility index (Phi) is 4.30. The quantitative estimate of drug-likeness (QED) is 0.755. The fraction of sp³-hybridized carbons (Fsp3) is 0.526. The minimum absolute atomic E-state index is 0.0449. The van der Waals surface area contributed by atoms with Crippen molar-refractivity contribution in [1.82, 2.24) is 10.2 Å². The van der Waals surface area contributed by atoms with E-state index in [0.717, 1.165) is 43.6 Å². The lowest BCUT2D eigenvalue weighted by atomic mass is 9.88. The van der Waals surface area contributed by atoms with Crippen LogP contribution < -0.4 is 16.4 Å². The summed E-state index contributed by atoms with van der Waals surface area (Å²) in [6, 6.07) is 7.79. The molecule has 3 aliphatic heterocycles. The van der Waals surface area contributed by atoms with Crippen LogP contribution in [0.25, 0.3) is 0 Å². The first-order valence-corrected chi connectivity index (χ1v) is 9.32. The van der Waals surface area contributed by atoms with Gasteiger partial charge in [-0.15, -0.1) is 0 Å². The van der Waals surface area contributed by atoms with Crippen LogP contribution in [-0.2, 0) is 9.59 Å². The van der Waals surface area contributed by atoms with Gasteiger partial charge in [-0.1, -0.05) is 18.2 Å². The summed E-state index contributed by atoms with van der Waals surface area (Å²) in [5.74, 6) is 0.605. The van der Waals surface area contributed by atoms with Crippen LogP contribution in [0.1, 0.15) is 43.6 Å². The Bertz CT molecular complexity index is 752. The summed E-state index contributed by atoms with van der Waals surface area (Å²) in [6.07, 6.45) is 3.67. The minimum atomic E-state index is -0.133. The fourth-order valence-corrected chi connectivity index (χ4v) is 4.23. The molecule has 1 atom stereocenters. The van der Waals surface area contributed by atoms with Gasteiger partial charge in [-0.05, 0) is 37.3 Å². The number of guanidine groups is 1. The number of nitrogens with zero attached hydrogens (tertiary/aromatic N) is 2. The molecule has 1 unspecified atom stereocenters. The zero-order chi connectivity index (χ0) is 18.1. The van der Waals surface area contributed by atoms with Crippen LogP contribution in [0, 0.1) is 0 Å². The van der Waals surface area contributed by atoms with Gasteiger partial charge in [-0.25, -0.2) is 0 Å². The predicted molar refractivity (Wildman–Crippen MR) is 99.8 cm³/mol. The Hall–Kier alpha value is -2.57. The molecule has 1 aromatic rings. The molecule has 0 radical (unpaired) electrons. The van der Waals surface area contributed by atoms with Crippen LogP contribution in [0.3, 0.4) is 0 Å². The highest BCUT2D eigenvalue weighted by atomic mass is 16.2. The van der Waals surface area contributed by atoms with E-state index in [1.807, 2.05) is 29.2 Å². The number of piperidine rings is 1. The average Bonchev–Trinajstić information content (AvgIpc) is 3.15. The highest BCUT2D eigenvalue weighted by Crippen LogP contribution is 2.35. The number of hydrogen-bond donors (Lipinski definition) is 3. The summed E-state index contributed by atoms with van der Waals surface area (Å²) in [6.45, 7) is 2.18. The highest BCUT2D eigenvalue weighted by Gasteiger charge is 2.39. The molecule has 138 valence electrons. The van der Waals surface area contributed by atoms with E-state index in [0.29, 0.717) is 25.3 Å². The number of fused-ring (bicyclic) bond motifs is 1. The van der Waals surface area contributed by atoms with Gasteiger partial charge >= 0.3 is 0 Å². The molecule has 3 heterocycles. The van der Waals surface area contributed by atoms with E-state index in [1.54, 1.807) is 0 Å². The summed E-state index contributed by atoms with van der Waals surface area (Å²) in [5, 5.41) is 6.19. The summed E-state index contributed by atoms with van der Waals surface area (Å²) < 4.78 is 0. The first kappa shape index (κ1) is 16.9. The van der Waals surface area contributed by atoms with E-state index in [4.69, 9.17) is 5.73 Å². The molecule has 0 saturated carbocycles. The predicted octanol–water partition coefficient (Wildman–Crippen LogP) is 1.17. The maximum Gasteiger partial charge on any atom is 0.232 e. The second-order valence-electron chi connectivity index (χ2n) is 7.51. The van der Waals surface area contributed by atoms with Crippen LogP contribution in [0.4, 0.5) is 5.69 Å². The van der Waals surface area contributed by atoms with Gasteiger partial charge in [0, 0.05) is 25.2 Å². The molecule has 1 spiro atoms. The van der Waals surface area contributed by atoms with Crippen molar-refractivity contribution in [3.63, 3.8) is 0 Å². The van der Waals surface area contributed by atoms with Gasteiger partial charge in [0.05, 0.1) is 18.0 Å². The average molecular weight is 355 g/mol. The van der Waals surface area contributed by atoms with E-state index in [9.17, 15) is 9.59 Å². The Morgan fingerprint density at radius 2 is 2.08 bits per heavy atom. The Labute approximate surface area is 153 Å². The summed E-state index contributed by atoms with van der Waals surface area (Å²) in [7, 11) is 0. The Morgan fingerprint density at radius 1 is 1.31 bits per heavy atom.